The fourth-order valence-electron chi connectivity index (χ4n) is 5.06. The van der Waals surface area contributed by atoms with Gasteiger partial charge in [-0.3, -0.25) is 14.2 Å². The van der Waals surface area contributed by atoms with E-state index in [9.17, 15) is 14.7 Å². The number of oxazole rings is 1. The molecule has 0 saturated carbocycles. The summed E-state index contributed by atoms with van der Waals surface area (Å²) in [6.45, 7) is 2.05. The number of nitrogens with zero attached hydrogens (tertiary/aromatic N) is 4. The number of para-hydroxylation sites is 2. The van der Waals surface area contributed by atoms with E-state index in [0.717, 1.165) is 16.7 Å². The summed E-state index contributed by atoms with van der Waals surface area (Å²) >= 11 is 0. The Morgan fingerprint density at radius 2 is 1.82 bits per heavy atom. The molecule has 9 heteroatoms. The second-order valence-corrected chi connectivity index (χ2v) is 9.31. The van der Waals surface area contributed by atoms with Crippen molar-refractivity contribution in [1.82, 2.24) is 14.5 Å². The van der Waals surface area contributed by atoms with Crippen molar-refractivity contribution < 1.29 is 14.3 Å². The molecule has 6 rings (SSSR count). The lowest BCUT2D eigenvalue weighted by Gasteiger charge is -2.39. The van der Waals surface area contributed by atoms with Gasteiger partial charge in [0.25, 0.3) is 11.4 Å². The van der Waals surface area contributed by atoms with Crippen LogP contribution in [0, 0.1) is 0 Å². The van der Waals surface area contributed by atoms with E-state index in [2.05, 4.69) is 10.3 Å². The number of hydrogen-bond donors (Lipinski definition) is 2. The number of fused-ring (bicyclic) bond motifs is 2. The second kappa shape index (κ2) is 9.19. The van der Waals surface area contributed by atoms with Crippen molar-refractivity contribution in [3.05, 3.63) is 99.8 Å². The van der Waals surface area contributed by atoms with Gasteiger partial charge in [0, 0.05) is 26.2 Å². The van der Waals surface area contributed by atoms with Crippen LogP contribution in [-0.2, 0) is 18.3 Å². The molecule has 1 amide bonds. The van der Waals surface area contributed by atoms with Crippen LogP contribution in [0.2, 0.25) is 0 Å². The number of rotatable bonds is 4. The molecule has 0 aliphatic carbocycles. The van der Waals surface area contributed by atoms with Gasteiger partial charge in [0.1, 0.15) is 5.52 Å². The van der Waals surface area contributed by atoms with Crippen molar-refractivity contribution in [1.29, 1.82) is 0 Å². The van der Waals surface area contributed by atoms with Crippen LogP contribution in [0.3, 0.4) is 0 Å². The Morgan fingerprint density at radius 3 is 2.58 bits per heavy atom. The summed E-state index contributed by atoms with van der Waals surface area (Å²) in [6.07, 6.45) is 0.702. The molecule has 0 unspecified atom stereocenters. The zero-order valence-corrected chi connectivity index (χ0v) is 20.9. The van der Waals surface area contributed by atoms with Crippen LogP contribution in [0.4, 0.5) is 11.6 Å². The molecule has 1 atom stereocenters. The van der Waals surface area contributed by atoms with Crippen LogP contribution in [-0.4, -0.2) is 32.1 Å². The Labute approximate surface area is 218 Å². The minimum atomic E-state index is -0.600. The molecule has 2 N–H and O–H groups in total. The smallest absolute Gasteiger partial charge is 0.297 e. The highest BCUT2D eigenvalue weighted by atomic mass is 16.4. The summed E-state index contributed by atoms with van der Waals surface area (Å²) in [5, 5.41) is 13.7. The fraction of sp³-hybridized carbons (Fsp3) is 0.172. The highest BCUT2D eigenvalue weighted by Gasteiger charge is 2.33. The van der Waals surface area contributed by atoms with Crippen molar-refractivity contribution in [3.63, 3.8) is 0 Å². The normalized spacial score (nSPS) is 14.9. The van der Waals surface area contributed by atoms with Gasteiger partial charge in [-0.1, -0.05) is 48.5 Å². The molecule has 1 aliphatic rings. The minimum Gasteiger partial charge on any atom is -0.501 e. The largest absolute Gasteiger partial charge is 0.501 e. The van der Waals surface area contributed by atoms with Gasteiger partial charge in [0.05, 0.1) is 6.04 Å². The monoisotopic (exact) mass is 507 g/mol. The van der Waals surface area contributed by atoms with Crippen molar-refractivity contribution in [2.24, 2.45) is 7.05 Å². The van der Waals surface area contributed by atoms with E-state index < -0.39 is 11.3 Å². The number of hydrogen-bond acceptors (Lipinski definition) is 7. The molecule has 0 saturated heterocycles. The van der Waals surface area contributed by atoms with Gasteiger partial charge in [0.15, 0.2) is 11.3 Å². The van der Waals surface area contributed by atoms with E-state index in [1.807, 2.05) is 65.6 Å². The number of benzene rings is 3. The Hall–Kier alpha value is -4.92. The molecule has 0 spiro atoms. The lowest BCUT2D eigenvalue weighted by Crippen LogP contribution is -2.40. The van der Waals surface area contributed by atoms with Crippen molar-refractivity contribution in [3.8, 4) is 17.3 Å². The number of amides is 1. The molecule has 9 nitrogen and oxygen atoms in total. The molecule has 5 aromatic rings. The summed E-state index contributed by atoms with van der Waals surface area (Å²) in [7, 11) is 1.59. The third-order valence-corrected chi connectivity index (χ3v) is 6.81. The maximum atomic E-state index is 13.2. The molecular weight excluding hydrogens is 482 g/mol. The third kappa shape index (κ3) is 3.98. The number of carbonyl (C=O) groups is 1. The van der Waals surface area contributed by atoms with Crippen LogP contribution in [0.15, 0.2) is 82.0 Å². The van der Waals surface area contributed by atoms with Crippen LogP contribution in [0.1, 0.15) is 29.7 Å². The molecule has 38 heavy (non-hydrogen) atoms. The van der Waals surface area contributed by atoms with Crippen LogP contribution in [0.5, 0.6) is 5.75 Å². The number of carbonyl (C=O) groups excluding carboxylic acids is 1. The molecular formula is C29H25N5O4. The van der Waals surface area contributed by atoms with Gasteiger partial charge in [-0.05, 0) is 47.4 Å². The first kappa shape index (κ1) is 23.5. The van der Waals surface area contributed by atoms with Gasteiger partial charge in [-0.15, -0.1) is 0 Å². The molecule has 1 aliphatic heterocycles. The van der Waals surface area contributed by atoms with E-state index in [-0.39, 0.29) is 23.5 Å². The first-order valence-electron chi connectivity index (χ1n) is 12.3. The van der Waals surface area contributed by atoms with Gasteiger partial charge in [-0.25, -0.2) is 9.97 Å². The number of aromatic hydroxyl groups is 1. The number of anilines is 2. The standard InChI is InChI=1S/C29H25N5O4/c1-17(35)30-20-13-12-18-14-15-34(25(21(18)16-20)19-8-4-3-5-9-19)29-32-24(26(36)28(37)33(29)2)27-31-22-10-6-7-11-23(22)38-27/h3-13,16,25,36H,14-15H2,1-2H3,(H,30,35)/t25-/m1/s1. The van der Waals surface area contributed by atoms with E-state index in [1.165, 1.54) is 11.5 Å². The molecule has 0 radical (unpaired) electrons. The highest BCUT2D eigenvalue weighted by Crippen LogP contribution is 2.39. The Bertz CT molecular complexity index is 1710. The zero-order valence-electron chi connectivity index (χ0n) is 20.9. The summed E-state index contributed by atoms with van der Waals surface area (Å²) in [6, 6.07) is 22.8. The highest BCUT2D eigenvalue weighted by molar-refractivity contribution is 5.89. The summed E-state index contributed by atoms with van der Waals surface area (Å²) in [4.78, 5) is 36.3. The van der Waals surface area contributed by atoms with E-state index >= 15 is 0 Å². The lowest BCUT2D eigenvalue weighted by atomic mass is 9.88. The van der Waals surface area contributed by atoms with Crippen molar-refractivity contribution in [2.45, 2.75) is 19.4 Å². The van der Waals surface area contributed by atoms with E-state index in [4.69, 9.17) is 9.40 Å². The molecule has 2 aromatic heterocycles. The second-order valence-electron chi connectivity index (χ2n) is 9.31. The number of aromatic nitrogens is 3. The average molecular weight is 508 g/mol. The van der Waals surface area contributed by atoms with Crippen LogP contribution in [0.25, 0.3) is 22.7 Å². The molecule has 3 heterocycles. The van der Waals surface area contributed by atoms with Gasteiger partial charge < -0.3 is 19.7 Å². The van der Waals surface area contributed by atoms with Crippen LogP contribution < -0.4 is 15.8 Å². The lowest BCUT2D eigenvalue weighted by molar-refractivity contribution is -0.114. The predicted molar refractivity (Wildman–Crippen MR) is 144 cm³/mol. The Balaban J connectivity index is 1.54. The zero-order chi connectivity index (χ0) is 26.4. The Kier molecular flexibility index (Phi) is 5.68. The SMILES string of the molecule is CC(=O)Nc1ccc2c(c1)[C@@H](c1ccccc1)N(c1nc(-c3nc4ccccc4o3)c(O)c(=O)n1C)CC2. The first-order valence-corrected chi connectivity index (χ1v) is 12.3. The predicted octanol–water partition coefficient (Wildman–Crippen LogP) is 4.40. The summed E-state index contributed by atoms with van der Waals surface area (Å²) in [5.74, 6) is -0.234. The van der Waals surface area contributed by atoms with Gasteiger partial charge >= 0.3 is 0 Å². The molecule has 0 fully saturated rings. The molecule has 190 valence electrons. The third-order valence-electron chi connectivity index (χ3n) is 6.81. The van der Waals surface area contributed by atoms with E-state index in [1.54, 1.807) is 19.2 Å². The number of nitrogens with one attached hydrogen (secondary N) is 1. The Morgan fingerprint density at radius 1 is 1.05 bits per heavy atom. The minimum absolute atomic E-state index is 0.0103. The van der Waals surface area contributed by atoms with Gasteiger partial charge in [-0.2, -0.15) is 0 Å². The summed E-state index contributed by atoms with van der Waals surface area (Å²) < 4.78 is 7.20. The average Bonchev–Trinajstić information content (AvgIpc) is 3.35. The quantitative estimate of drug-likeness (QED) is 0.371. The van der Waals surface area contributed by atoms with Crippen molar-refractivity contribution in [2.75, 3.05) is 16.8 Å². The maximum absolute atomic E-state index is 13.2. The van der Waals surface area contributed by atoms with E-state index in [0.29, 0.717) is 35.7 Å². The topological polar surface area (TPSA) is 113 Å². The van der Waals surface area contributed by atoms with Crippen molar-refractivity contribution >= 4 is 28.6 Å². The summed E-state index contributed by atoms with van der Waals surface area (Å²) in [5.41, 5.74) is 4.36. The fourth-order valence-corrected chi connectivity index (χ4v) is 5.06. The van der Waals surface area contributed by atoms with Crippen LogP contribution >= 0.6 is 0 Å². The molecule has 3 aromatic carbocycles. The molecule has 0 bridgehead atoms. The van der Waals surface area contributed by atoms with Gasteiger partial charge in [0.2, 0.25) is 17.6 Å². The maximum Gasteiger partial charge on any atom is 0.297 e. The first-order chi connectivity index (χ1) is 18.4.